The third-order valence-electron chi connectivity index (χ3n) is 6.46. The number of nitrogens with zero attached hydrogens (tertiary/aromatic N) is 3. The van der Waals surface area contributed by atoms with Gasteiger partial charge in [-0.2, -0.15) is 0 Å². The summed E-state index contributed by atoms with van der Waals surface area (Å²) in [5, 5.41) is 19.5. The van der Waals surface area contributed by atoms with Gasteiger partial charge >= 0.3 is 0 Å². The Morgan fingerprint density at radius 2 is 1.94 bits per heavy atom. The zero-order valence-corrected chi connectivity index (χ0v) is 19.9. The highest BCUT2D eigenvalue weighted by molar-refractivity contribution is 6.04. The molecule has 1 aromatic heterocycles. The predicted molar refractivity (Wildman–Crippen MR) is 127 cm³/mol. The van der Waals surface area contributed by atoms with E-state index in [1.807, 2.05) is 39.8 Å². The van der Waals surface area contributed by atoms with E-state index in [1.165, 1.54) is 0 Å². The van der Waals surface area contributed by atoms with E-state index in [-0.39, 0.29) is 35.2 Å². The molecular weight excluding hydrogens is 416 g/mol. The molecule has 4 rings (SSSR count). The minimum atomic E-state index is -0.376. The number of phenols is 1. The smallest absolute Gasteiger partial charge is 0.222 e. The molecule has 1 fully saturated rings. The molecule has 0 unspecified atom stereocenters. The Bertz CT molecular complexity index is 1130. The molecule has 2 aliphatic heterocycles. The maximum Gasteiger partial charge on any atom is 0.222 e. The number of hydrogen-bond donors (Lipinski definition) is 2. The van der Waals surface area contributed by atoms with Crippen molar-refractivity contribution in [3.8, 4) is 5.75 Å². The highest BCUT2D eigenvalue weighted by Gasteiger charge is 2.29. The predicted octanol–water partition coefficient (Wildman–Crippen LogP) is 3.93. The Kier molecular flexibility index (Phi) is 5.99. The lowest BCUT2D eigenvalue weighted by Crippen LogP contribution is -2.35. The second kappa shape index (κ2) is 8.61. The average molecular weight is 449 g/mol. The number of aryl methyl sites for hydroxylation is 1. The van der Waals surface area contributed by atoms with E-state index >= 15 is 0 Å². The van der Waals surface area contributed by atoms with Crippen LogP contribution in [0.2, 0.25) is 0 Å². The molecule has 3 heterocycles. The molecule has 0 bridgehead atoms. The molecule has 0 atom stereocenters. The number of hydrogen-bond acceptors (Lipinski definition) is 5. The number of benzene rings is 1. The topological polar surface area (TPSA) is 97.6 Å². The Morgan fingerprint density at radius 1 is 1.18 bits per heavy atom. The first-order valence-corrected chi connectivity index (χ1v) is 11.5. The number of aromatic hydroxyl groups is 1. The lowest BCUT2D eigenvalue weighted by molar-refractivity contribution is -0.133. The van der Waals surface area contributed by atoms with Gasteiger partial charge in [-0.05, 0) is 43.4 Å². The van der Waals surface area contributed by atoms with Gasteiger partial charge in [-0.3, -0.25) is 15.0 Å². The van der Waals surface area contributed by atoms with Gasteiger partial charge in [-0.1, -0.05) is 26.8 Å². The Hall–Kier alpha value is -3.22. The normalized spacial score (nSPS) is 16.4. The van der Waals surface area contributed by atoms with Gasteiger partial charge in [0.1, 0.15) is 17.3 Å². The molecule has 2 aromatic rings. The van der Waals surface area contributed by atoms with E-state index in [0.717, 1.165) is 24.1 Å². The van der Waals surface area contributed by atoms with Crippen LogP contribution < -0.4 is 0 Å². The van der Waals surface area contributed by atoms with Crippen molar-refractivity contribution in [3.63, 3.8) is 0 Å². The summed E-state index contributed by atoms with van der Waals surface area (Å²) in [6, 6.07) is 7.35. The van der Waals surface area contributed by atoms with Crippen LogP contribution in [0.1, 0.15) is 78.5 Å². The molecule has 33 heavy (non-hydrogen) atoms. The standard InChI is InChI=1S/C26H32N4O3/c1-16-8-9-17-13-30(25(27)23(17)28-16)15-21(31)18-11-19(14-29-10-6-5-7-22(29)32)24(33)20(12-18)26(2,3)4/h8-9,11-12,27,33H,5-7,10,13-15H2,1-4H3. The van der Waals surface area contributed by atoms with Crippen LogP contribution in [-0.4, -0.2) is 50.5 Å². The Morgan fingerprint density at radius 3 is 2.64 bits per heavy atom. The number of ketones is 1. The highest BCUT2D eigenvalue weighted by Crippen LogP contribution is 2.36. The molecule has 2 N–H and O–H groups in total. The number of phenolic OH excluding ortho intramolecular Hbond substituents is 1. The van der Waals surface area contributed by atoms with Crippen molar-refractivity contribution in [3.05, 3.63) is 57.9 Å². The van der Waals surface area contributed by atoms with E-state index < -0.39 is 0 Å². The quantitative estimate of drug-likeness (QED) is 0.676. The summed E-state index contributed by atoms with van der Waals surface area (Å²) in [6.45, 7) is 9.37. The Labute approximate surface area is 194 Å². The number of amides is 1. The number of aromatic nitrogens is 1. The maximum absolute atomic E-state index is 13.3. The molecule has 0 saturated carbocycles. The molecule has 0 radical (unpaired) electrons. The van der Waals surface area contributed by atoms with Crippen molar-refractivity contribution in [2.45, 2.75) is 65.5 Å². The van der Waals surface area contributed by atoms with Gasteiger partial charge < -0.3 is 14.9 Å². The fraction of sp³-hybridized carbons (Fsp3) is 0.462. The van der Waals surface area contributed by atoms with E-state index in [9.17, 15) is 14.7 Å². The van der Waals surface area contributed by atoms with Crippen LogP contribution >= 0.6 is 0 Å². The number of pyridine rings is 1. The zero-order valence-electron chi connectivity index (χ0n) is 19.9. The largest absolute Gasteiger partial charge is 0.507 e. The van der Waals surface area contributed by atoms with E-state index in [1.54, 1.807) is 21.9 Å². The van der Waals surface area contributed by atoms with Crippen LogP contribution in [0.5, 0.6) is 5.75 Å². The van der Waals surface area contributed by atoms with Crippen LogP contribution in [-0.2, 0) is 23.3 Å². The van der Waals surface area contributed by atoms with Gasteiger partial charge in [0.25, 0.3) is 0 Å². The first kappa shape index (κ1) is 23.0. The summed E-state index contributed by atoms with van der Waals surface area (Å²) in [5.74, 6) is 0.371. The van der Waals surface area contributed by atoms with Gasteiger partial charge in [-0.15, -0.1) is 0 Å². The second-order valence-electron chi connectivity index (χ2n) is 10.1. The van der Waals surface area contributed by atoms with E-state index in [4.69, 9.17) is 5.41 Å². The number of nitrogens with one attached hydrogen (secondary N) is 1. The molecule has 2 aliphatic rings. The van der Waals surface area contributed by atoms with Crippen LogP contribution in [0.15, 0.2) is 24.3 Å². The van der Waals surface area contributed by atoms with Gasteiger partial charge in [0, 0.05) is 54.0 Å². The molecule has 1 saturated heterocycles. The van der Waals surface area contributed by atoms with Crippen LogP contribution in [0.4, 0.5) is 0 Å². The molecule has 0 spiro atoms. The van der Waals surface area contributed by atoms with Crippen molar-refractivity contribution in [1.82, 2.24) is 14.8 Å². The van der Waals surface area contributed by atoms with Gasteiger partial charge in [0.05, 0.1) is 6.54 Å². The average Bonchev–Trinajstić information content (AvgIpc) is 3.05. The van der Waals surface area contributed by atoms with Crippen LogP contribution in [0, 0.1) is 12.3 Å². The summed E-state index contributed by atoms with van der Waals surface area (Å²) < 4.78 is 0. The first-order valence-electron chi connectivity index (χ1n) is 11.5. The van der Waals surface area contributed by atoms with Crippen molar-refractivity contribution in [2.24, 2.45) is 0 Å². The molecule has 0 aliphatic carbocycles. The number of fused-ring (bicyclic) bond motifs is 1. The van der Waals surface area contributed by atoms with Crippen molar-refractivity contribution >= 4 is 17.5 Å². The Balaban J connectivity index is 1.62. The summed E-state index contributed by atoms with van der Waals surface area (Å²) in [6.07, 6.45) is 2.37. The molecule has 7 heteroatoms. The summed E-state index contributed by atoms with van der Waals surface area (Å²) in [5.41, 5.74) is 3.82. The van der Waals surface area contributed by atoms with E-state index in [2.05, 4.69) is 4.98 Å². The lowest BCUT2D eigenvalue weighted by Gasteiger charge is -2.29. The fourth-order valence-electron chi connectivity index (χ4n) is 4.53. The number of piperidine rings is 1. The minimum Gasteiger partial charge on any atom is -0.507 e. The first-order chi connectivity index (χ1) is 15.5. The molecule has 7 nitrogen and oxygen atoms in total. The number of carbonyl (C=O) groups excluding carboxylic acids is 2. The van der Waals surface area contributed by atoms with Crippen molar-refractivity contribution in [1.29, 1.82) is 5.41 Å². The van der Waals surface area contributed by atoms with Crippen LogP contribution in [0.25, 0.3) is 0 Å². The third kappa shape index (κ3) is 4.63. The summed E-state index contributed by atoms with van der Waals surface area (Å²) >= 11 is 0. The van der Waals surface area contributed by atoms with Crippen molar-refractivity contribution < 1.29 is 14.7 Å². The van der Waals surface area contributed by atoms with E-state index in [0.29, 0.717) is 48.4 Å². The molecule has 1 amide bonds. The third-order valence-corrected chi connectivity index (χ3v) is 6.46. The highest BCUT2D eigenvalue weighted by atomic mass is 16.3. The molecule has 1 aromatic carbocycles. The number of rotatable bonds is 5. The lowest BCUT2D eigenvalue weighted by atomic mass is 9.83. The summed E-state index contributed by atoms with van der Waals surface area (Å²) in [4.78, 5) is 33.7. The fourth-order valence-corrected chi connectivity index (χ4v) is 4.53. The van der Waals surface area contributed by atoms with Gasteiger partial charge in [-0.25, -0.2) is 4.98 Å². The second-order valence-corrected chi connectivity index (χ2v) is 10.1. The maximum atomic E-state index is 13.3. The van der Waals surface area contributed by atoms with Crippen molar-refractivity contribution in [2.75, 3.05) is 13.1 Å². The SMILES string of the molecule is Cc1ccc2c(n1)C(=N)N(CC(=O)c1cc(CN3CCCCC3=O)c(O)c(C(C)(C)C)c1)C2. The number of amidine groups is 1. The number of carbonyl (C=O) groups is 2. The van der Waals surface area contributed by atoms with Crippen LogP contribution in [0.3, 0.4) is 0 Å². The molecule has 174 valence electrons. The number of Topliss-reactive ketones (excluding diaryl/α,β-unsaturated/α-hetero) is 1. The minimum absolute atomic E-state index is 0.0602. The summed E-state index contributed by atoms with van der Waals surface area (Å²) in [7, 11) is 0. The number of likely N-dealkylation sites (tertiary alicyclic amines) is 1. The van der Waals surface area contributed by atoms with Gasteiger partial charge in [0.2, 0.25) is 5.91 Å². The molecular formula is C26H32N4O3. The zero-order chi connectivity index (χ0) is 23.9. The van der Waals surface area contributed by atoms with Gasteiger partial charge in [0.15, 0.2) is 5.78 Å². The monoisotopic (exact) mass is 448 g/mol.